The van der Waals surface area contributed by atoms with Crippen molar-refractivity contribution in [1.29, 1.82) is 0 Å². The maximum atomic E-state index is 13.3. The van der Waals surface area contributed by atoms with Crippen LogP contribution in [0.2, 0.25) is 0 Å². The van der Waals surface area contributed by atoms with Gasteiger partial charge in [0.1, 0.15) is 16.9 Å². The molecular formula is C26H28N6O2. The Hall–Kier alpha value is -3.81. The van der Waals surface area contributed by atoms with E-state index in [9.17, 15) is 4.79 Å². The summed E-state index contributed by atoms with van der Waals surface area (Å²) in [6.45, 7) is 3.61. The number of pyridine rings is 1. The van der Waals surface area contributed by atoms with Crippen LogP contribution < -0.4 is 10.5 Å². The second-order valence-electron chi connectivity index (χ2n) is 9.35. The lowest BCUT2D eigenvalue weighted by atomic mass is 10.1. The third-order valence-corrected chi connectivity index (χ3v) is 7.01. The molecule has 4 aromatic rings. The summed E-state index contributed by atoms with van der Waals surface area (Å²) in [5.74, 6) is 2.12. The number of ether oxygens (including phenoxy) is 1. The van der Waals surface area contributed by atoms with Gasteiger partial charge in [-0.2, -0.15) is 0 Å². The molecule has 3 N–H and O–H groups in total. The van der Waals surface area contributed by atoms with Crippen molar-refractivity contribution >= 4 is 28.0 Å². The molecule has 1 aromatic carbocycles. The van der Waals surface area contributed by atoms with Gasteiger partial charge < -0.3 is 24.9 Å². The number of nitrogens with two attached hydrogens (primary N) is 1. The highest BCUT2D eigenvalue weighted by molar-refractivity contribution is 6.00. The number of benzene rings is 1. The van der Waals surface area contributed by atoms with Crippen molar-refractivity contribution in [2.45, 2.75) is 32.7 Å². The number of carbonyl (C=O) groups excluding carboxylic acids is 1. The van der Waals surface area contributed by atoms with Crippen LogP contribution >= 0.6 is 0 Å². The van der Waals surface area contributed by atoms with E-state index < -0.39 is 0 Å². The van der Waals surface area contributed by atoms with Crippen LogP contribution in [0.25, 0.3) is 33.6 Å². The van der Waals surface area contributed by atoms with Gasteiger partial charge in [-0.25, -0.2) is 9.97 Å². The van der Waals surface area contributed by atoms with Gasteiger partial charge in [0.25, 0.3) is 5.91 Å². The van der Waals surface area contributed by atoms with E-state index in [0.717, 1.165) is 46.7 Å². The van der Waals surface area contributed by atoms with Gasteiger partial charge in [-0.3, -0.25) is 4.79 Å². The molecule has 34 heavy (non-hydrogen) atoms. The number of aromatic amines is 1. The van der Waals surface area contributed by atoms with Crippen LogP contribution in [0.3, 0.4) is 0 Å². The molecule has 1 amide bonds. The van der Waals surface area contributed by atoms with Crippen molar-refractivity contribution in [1.82, 2.24) is 24.4 Å². The minimum atomic E-state index is -0.101. The van der Waals surface area contributed by atoms with E-state index in [1.807, 2.05) is 18.3 Å². The highest BCUT2D eigenvalue weighted by Crippen LogP contribution is 2.36. The lowest BCUT2D eigenvalue weighted by molar-refractivity contribution is 0.0823. The molecule has 1 aliphatic carbocycles. The number of carbonyl (C=O) groups is 1. The smallest absolute Gasteiger partial charge is 0.258 e. The molecule has 2 aliphatic rings. The van der Waals surface area contributed by atoms with Crippen LogP contribution in [0.15, 0.2) is 48.4 Å². The fourth-order valence-electron chi connectivity index (χ4n) is 4.87. The van der Waals surface area contributed by atoms with Gasteiger partial charge in [-0.1, -0.05) is 6.92 Å². The van der Waals surface area contributed by atoms with E-state index >= 15 is 0 Å². The number of fused-ring (bicyclic) bond motifs is 2. The Balaban J connectivity index is 1.43. The highest BCUT2D eigenvalue weighted by Gasteiger charge is 2.28. The average Bonchev–Trinajstić information content (AvgIpc) is 3.27. The van der Waals surface area contributed by atoms with Crippen molar-refractivity contribution in [3.8, 4) is 17.3 Å². The molecule has 1 unspecified atom stereocenters. The molecule has 1 atom stereocenters. The van der Waals surface area contributed by atoms with Crippen LogP contribution in [0, 0.1) is 11.8 Å². The molecule has 1 fully saturated rings. The molecule has 174 valence electrons. The van der Waals surface area contributed by atoms with E-state index in [4.69, 9.17) is 15.5 Å². The molecular weight excluding hydrogens is 428 g/mol. The average molecular weight is 457 g/mol. The van der Waals surface area contributed by atoms with Crippen molar-refractivity contribution in [3.63, 3.8) is 0 Å². The van der Waals surface area contributed by atoms with Crippen LogP contribution in [0.4, 0.5) is 0 Å². The van der Waals surface area contributed by atoms with E-state index in [1.54, 1.807) is 24.3 Å². The number of rotatable bonds is 6. The lowest BCUT2D eigenvalue weighted by Crippen LogP contribution is -2.26. The van der Waals surface area contributed by atoms with Crippen LogP contribution in [0.1, 0.15) is 36.5 Å². The first-order chi connectivity index (χ1) is 16.6. The first-order valence-electron chi connectivity index (χ1n) is 11.9. The first-order valence-corrected chi connectivity index (χ1v) is 11.9. The van der Waals surface area contributed by atoms with Crippen LogP contribution in [0.5, 0.6) is 5.75 Å². The van der Waals surface area contributed by atoms with Crippen molar-refractivity contribution in [3.05, 3.63) is 54.0 Å². The number of hydrogen-bond donors (Lipinski definition) is 2. The third-order valence-electron chi connectivity index (χ3n) is 7.01. The van der Waals surface area contributed by atoms with E-state index in [0.29, 0.717) is 29.3 Å². The molecule has 8 nitrogen and oxygen atoms in total. The van der Waals surface area contributed by atoms with Crippen molar-refractivity contribution in [2.75, 3.05) is 13.7 Å². The Bertz CT molecular complexity index is 1440. The minimum absolute atomic E-state index is 0.101. The van der Waals surface area contributed by atoms with Crippen LogP contribution in [-0.2, 0) is 6.54 Å². The Labute approximate surface area is 197 Å². The summed E-state index contributed by atoms with van der Waals surface area (Å²) in [7, 11) is 1.61. The molecule has 6 rings (SSSR count). The summed E-state index contributed by atoms with van der Waals surface area (Å²) in [6, 6.07) is 9.76. The number of hydrogen-bond acceptors (Lipinski definition) is 5. The second kappa shape index (κ2) is 7.90. The van der Waals surface area contributed by atoms with Gasteiger partial charge in [-0.15, -0.1) is 0 Å². The lowest BCUT2D eigenvalue weighted by Gasteiger charge is -2.16. The van der Waals surface area contributed by atoms with Gasteiger partial charge in [-0.05, 0) is 55.5 Å². The molecule has 4 heterocycles. The molecule has 1 aliphatic heterocycles. The Morgan fingerprint density at radius 2 is 2.15 bits per heavy atom. The van der Waals surface area contributed by atoms with E-state index in [-0.39, 0.29) is 11.8 Å². The number of H-pyrrole nitrogens is 1. The second-order valence-corrected chi connectivity index (χ2v) is 9.35. The number of imidazole rings is 1. The maximum Gasteiger partial charge on any atom is 0.258 e. The number of methoxy groups -OCH3 is 1. The SMILES string of the molecule is CCC1CN(C(=O)c2cc(OC)c3[nH]c(-c4cc5cccnc5n4CC4CC4)nc3c2)C=C1N. The fraction of sp³-hybridized carbons (Fsp3) is 0.346. The maximum absolute atomic E-state index is 13.3. The van der Waals surface area contributed by atoms with E-state index in [2.05, 4.69) is 33.6 Å². The molecule has 8 heteroatoms. The predicted molar refractivity (Wildman–Crippen MR) is 131 cm³/mol. The Morgan fingerprint density at radius 3 is 2.88 bits per heavy atom. The molecule has 0 spiro atoms. The number of nitrogens with one attached hydrogen (secondary N) is 1. The standard InChI is InChI=1S/C26H28N6O2/c1-3-16-13-31(14-19(16)27)26(33)18-9-20-23(22(11-18)34-2)30-24(29-20)21-10-17-5-4-8-28-25(17)32(21)12-15-6-7-15/h4-5,8-11,14-16H,3,6-7,12-13,27H2,1-2H3,(H,29,30). The zero-order valence-corrected chi connectivity index (χ0v) is 19.4. The van der Waals surface area contributed by atoms with Crippen LogP contribution in [-0.4, -0.2) is 44.0 Å². The first kappa shape index (κ1) is 20.8. The molecule has 3 aromatic heterocycles. The number of aromatic nitrogens is 4. The predicted octanol–water partition coefficient (Wildman–Crippen LogP) is 4.28. The summed E-state index contributed by atoms with van der Waals surface area (Å²) in [5.41, 5.74) is 10.8. The van der Waals surface area contributed by atoms with E-state index in [1.165, 1.54) is 12.8 Å². The summed E-state index contributed by atoms with van der Waals surface area (Å²) in [4.78, 5) is 27.9. The number of amides is 1. The van der Waals surface area contributed by atoms with Crippen molar-refractivity contribution in [2.24, 2.45) is 17.6 Å². The number of nitrogens with zero attached hydrogens (tertiary/aromatic N) is 4. The van der Waals surface area contributed by atoms with Gasteiger partial charge in [0.15, 0.2) is 5.82 Å². The topological polar surface area (TPSA) is 102 Å². The van der Waals surface area contributed by atoms with Gasteiger partial charge in [0, 0.05) is 48.1 Å². The summed E-state index contributed by atoms with van der Waals surface area (Å²) >= 11 is 0. The largest absolute Gasteiger partial charge is 0.494 e. The quantitative estimate of drug-likeness (QED) is 0.451. The fourth-order valence-corrected chi connectivity index (χ4v) is 4.87. The van der Waals surface area contributed by atoms with Crippen molar-refractivity contribution < 1.29 is 9.53 Å². The van der Waals surface area contributed by atoms with Gasteiger partial charge in [0.05, 0.1) is 18.3 Å². The minimum Gasteiger partial charge on any atom is -0.494 e. The summed E-state index contributed by atoms with van der Waals surface area (Å²) < 4.78 is 7.91. The Morgan fingerprint density at radius 1 is 1.29 bits per heavy atom. The molecule has 0 saturated heterocycles. The zero-order valence-electron chi connectivity index (χ0n) is 19.4. The monoisotopic (exact) mass is 456 g/mol. The molecule has 0 bridgehead atoms. The molecule has 1 saturated carbocycles. The zero-order chi connectivity index (χ0) is 23.4. The third kappa shape index (κ3) is 3.41. The Kier molecular flexibility index (Phi) is 4.83. The highest BCUT2D eigenvalue weighted by atomic mass is 16.5. The van der Waals surface area contributed by atoms with Gasteiger partial charge >= 0.3 is 0 Å². The normalized spacial score (nSPS) is 18.1. The summed E-state index contributed by atoms with van der Waals surface area (Å²) in [5, 5.41) is 1.09. The van der Waals surface area contributed by atoms with Gasteiger partial charge in [0.2, 0.25) is 0 Å². The molecule has 0 radical (unpaired) electrons. The summed E-state index contributed by atoms with van der Waals surface area (Å²) in [6.07, 6.45) is 6.99.